The minimum Gasteiger partial charge on any atom is -0.507 e. The normalized spacial score (nSPS) is 26.4. The van der Waals surface area contributed by atoms with Crippen molar-refractivity contribution in [3.05, 3.63) is 75.5 Å². The van der Waals surface area contributed by atoms with Crippen LogP contribution in [0.1, 0.15) is 73.8 Å². The van der Waals surface area contributed by atoms with Crippen molar-refractivity contribution in [1.82, 2.24) is 10.3 Å². The van der Waals surface area contributed by atoms with Crippen LogP contribution in [0.5, 0.6) is 17.2 Å². The molecule has 1 aromatic heterocycles. The van der Waals surface area contributed by atoms with Gasteiger partial charge >= 0.3 is 0 Å². The van der Waals surface area contributed by atoms with Crippen molar-refractivity contribution in [2.75, 3.05) is 26.5 Å². The van der Waals surface area contributed by atoms with Crippen LogP contribution in [0.15, 0.2) is 41.5 Å². The lowest BCUT2D eigenvalue weighted by atomic mass is 9.77. The van der Waals surface area contributed by atoms with Gasteiger partial charge in [0.25, 0.3) is 0 Å². The number of nitrogens with one attached hydrogen (secondary N) is 1. The number of nitrogens with two attached hydrogens (primary N) is 2. The number of hydrogen-bond donors (Lipinski definition) is 8. The van der Waals surface area contributed by atoms with Crippen molar-refractivity contribution >= 4 is 23.3 Å². The predicted octanol–water partition coefficient (Wildman–Crippen LogP) is 0.247. The van der Waals surface area contributed by atoms with Gasteiger partial charge in [-0.25, -0.2) is 4.98 Å². The highest BCUT2D eigenvalue weighted by molar-refractivity contribution is 6.30. The molecule has 1 aliphatic heterocycles. The summed E-state index contributed by atoms with van der Waals surface area (Å²) in [5, 5.41) is 58.7. The summed E-state index contributed by atoms with van der Waals surface area (Å²) < 4.78 is 17.2. The maximum Gasteiger partial charge on any atom is 0.229 e. The van der Waals surface area contributed by atoms with Gasteiger partial charge in [0.15, 0.2) is 11.7 Å². The molecule has 2 aliphatic carbocycles. The first-order valence-electron chi connectivity index (χ1n) is 15.8. The second-order valence-electron chi connectivity index (χ2n) is 12.4. The lowest BCUT2D eigenvalue weighted by Crippen LogP contribution is -2.68. The van der Waals surface area contributed by atoms with E-state index < -0.39 is 54.4 Å². The minimum atomic E-state index is -2.12. The van der Waals surface area contributed by atoms with Crippen molar-refractivity contribution in [1.29, 1.82) is 0 Å². The maximum absolute atomic E-state index is 14.3. The molecule has 0 amide bonds. The lowest BCUT2D eigenvalue weighted by Gasteiger charge is -2.47. The Morgan fingerprint density at radius 2 is 1.92 bits per heavy atom. The monoisotopic (exact) mass is 677 g/mol. The quantitative estimate of drug-likeness (QED) is 0.0920. The van der Waals surface area contributed by atoms with E-state index >= 15 is 0 Å². The number of carbonyl (C=O) groups excluding carboxylic acids is 2. The number of aromatic nitrogens is 1. The minimum absolute atomic E-state index is 0.0106. The molecule has 6 rings (SSSR count). The van der Waals surface area contributed by atoms with E-state index in [2.05, 4.69) is 15.3 Å². The molecule has 6 atom stereocenters. The zero-order valence-corrected chi connectivity index (χ0v) is 26.9. The van der Waals surface area contributed by atoms with E-state index in [0.717, 1.165) is 6.42 Å². The third kappa shape index (κ3) is 5.93. The number of anilines is 1. The number of aliphatic hydroxyl groups excluding tert-OH is 3. The van der Waals surface area contributed by atoms with Gasteiger partial charge in [0, 0.05) is 36.0 Å². The summed E-state index contributed by atoms with van der Waals surface area (Å²) in [7, 11) is 2.87. The number of guanidine groups is 1. The summed E-state index contributed by atoms with van der Waals surface area (Å²) in [5.74, 6) is -1.38. The third-order valence-corrected chi connectivity index (χ3v) is 9.57. The van der Waals surface area contributed by atoms with Gasteiger partial charge in [0.05, 0.1) is 30.9 Å². The van der Waals surface area contributed by atoms with Crippen LogP contribution in [0.2, 0.25) is 0 Å². The summed E-state index contributed by atoms with van der Waals surface area (Å²) >= 11 is 0. The second kappa shape index (κ2) is 13.2. The number of rotatable bonds is 8. The molecule has 6 unspecified atom stereocenters. The van der Waals surface area contributed by atoms with Crippen molar-refractivity contribution < 1.29 is 49.3 Å². The summed E-state index contributed by atoms with van der Waals surface area (Å²) in [6, 6.07) is 7.09. The average Bonchev–Trinajstić information content (AvgIpc) is 3.09. The molecule has 15 nitrogen and oxygen atoms in total. The maximum atomic E-state index is 14.3. The first-order chi connectivity index (χ1) is 23.4. The molecule has 15 heteroatoms. The largest absolute Gasteiger partial charge is 0.507 e. The van der Waals surface area contributed by atoms with Gasteiger partial charge < -0.3 is 56.5 Å². The zero-order chi connectivity index (χ0) is 35.2. The van der Waals surface area contributed by atoms with E-state index in [0.29, 0.717) is 29.5 Å². The Morgan fingerprint density at radius 3 is 2.61 bits per heavy atom. The number of aromatic hydroxyl groups is 1. The fourth-order valence-electron chi connectivity index (χ4n) is 6.98. The Kier molecular flexibility index (Phi) is 9.21. The van der Waals surface area contributed by atoms with Crippen molar-refractivity contribution in [3.8, 4) is 17.2 Å². The van der Waals surface area contributed by atoms with Gasteiger partial charge in [-0.05, 0) is 67.5 Å². The van der Waals surface area contributed by atoms with Crippen LogP contribution in [0, 0.1) is 0 Å². The summed E-state index contributed by atoms with van der Waals surface area (Å²) in [6.45, 7) is -0.763. The molecular formula is C34H39N5O10. The molecule has 3 aromatic rings. The summed E-state index contributed by atoms with van der Waals surface area (Å²) in [4.78, 5) is 36.1. The predicted molar refractivity (Wildman–Crippen MR) is 175 cm³/mol. The Labute approximate surface area is 281 Å². The molecule has 2 heterocycles. The topological polar surface area (TPSA) is 252 Å². The molecule has 1 saturated heterocycles. The highest BCUT2D eigenvalue weighted by Crippen LogP contribution is 2.46. The van der Waals surface area contributed by atoms with Gasteiger partial charge in [-0.2, -0.15) is 0 Å². The molecule has 0 bridgehead atoms. The number of methoxy groups -OCH3 is 1. The second-order valence-corrected chi connectivity index (χ2v) is 12.4. The number of phenols is 1. The van der Waals surface area contributed by atoms with Gasteiger partial charge in [0.1, 0.15) is 47.0 Å². The number of carbonyl (C=O) groups is 2. The SMILES string of the molecule is CN=C(N)NC1CCCc2cc3c(c(O)c21)C(=O)c1c(OC2OC(CO)C(O)(CCc4ccnc(N)c4)C(O)C2O)cc(OC)cc1C3=O. The number of fused-ring (bicyclic) bond motifs is 3. The number of pyridine rings is 1. The first-order valence-corrected chi connectivity index (χ1v) is 15.8. The molecule has 0 radical (unpaired) electrons. The van der Waals surface area contributed by atoms with Crippen LogP contribution >= 0.6 is 0 Å². The van der Waals surface area contributed by atoms with Crippen molar-refractivity contribution in [2.24, 2.45) is 10.7 Å². The lowest BCUT2D eigenvalue weighted by molar-refractivity contribution is -0.314. The molecule has 10 N–H and O–H groups in total. The smallest absolute Gasteiger partial charge is 0.229 e. The van der Waals surface area contributed by atoms with Gasteiger partial charge in [-0.1, -0.05) is 0 Å². The number of benzene rings is 2. The Bertz CT molecular complexity index is 1830. The van der Waals surface area contributed by atoms with Crippen LogP contribution in [0.25, 0.3) is 0 Å². The van der Waals surface area contributed by atoms with Gasteiger partial charge in [-0.3, -0.25) is 14.6 Å². The number of nitrogens with zero attached hydrogens (tertiary/aromatic N) is 2. The van der Waals surface area contributed by atoms with E-state index in [1.165, 1.54) is 32.5 Å². The van der Waals surface area contributed by atoms with Crippen molar-refractivity contribution in [3.63, 3.8) is 0 Å². The van der Waals surface area contributed by atoms with E-state index in [9.17, 15) is 35.1 Å². The summed E-state index contributed by atoms with van der Waals surface area (Å²) in [5.41, 5.74) is 10.9. The van der Waals surface area contributed by atoms with Crippen LogP contribution in [0.3, 0.4) is 0 Å². The molecule has 0 spiro atoms. The van der Waals surface area contributed by atoms with Gasteiger partial charge in [0.2, 0.25) is 12.1 Å². The van der Waals surface area contributed by atoms with E-state index in [4.69, 9.17) is 25.7 Å². The standard InChI is InChI=1S/C34H39N5O10/c1-37-33(36)39-20-5-3-4-16-11-18-26(28(42)24(16)20)29(43)25-19(27(18)41)12-17(47-2)13-21(25)48-32-30(44)31(45)34(46,22(14-40)49-32)8-6-15-7-9-38-23(35)10-15/h7,9-13,20,22,30-32,40,42,44-46H,3-6,8,14H2,1-2H3,(H2,35,38)(H3,36,37,39). The third-order valence-electron chi connectivity index (χ3n) is 9.57. The average molecular weight is 678 g/mol. The fourth-order valence-corrected chi connectivity index (χ4v) is 6.98. The Hall–Kier alpha value is -4.80. The number of hydrogen-bond acceptors (Lipinski definition) is 13. The molecular weight excluding hydrogens is 638 g/mol. The highest BCUT2D eigenvalue weighted by atomic mass is 16.7. The van der Waals surface area contributed by atoms with Gasteiger partial charge in [-0.15, -0.1) is 0 Å². The molecule has 3 aliphatic rings. The fraction of sp³-hybridized carbons (Fsp3) is 0.412. The number of aliphatic imine (C=N–C) groups is 1. The number of phenolic OH excluding ortho intramolecular Hbond substituents is 1. The zero-order valence-electron chi connectivity index (χ0n) is 26.9. The summed E-state index contributed by atoms with van der Waals surface area (Å²) in [6.07, 6.45) is -3.47. The molecule has 49 heavy (non-hydrogen) atoms. The first kappa shape index (κ1) is 34.1. The number of aliphatic hydroxyl groups is 4. The van der Waals surface area contributed by atoms with E-state index in [1.807, 2.05) is 0 Å². The molecule has 0 saturated carbocycles. The number of ether oxygens (including phenoxy) is 3. The molecule has 1 fully saturated rings. The van der Waals surface area contributed by atoms with Crippen molar-refractivity contribution in [2.45, 2.75) is 68.3 Å². The molecule has 2 aromatic carbocycles. The highest BCUT2D eigenvalue weighted by Gasteiger charge is 2.55. The Morgan fingerprint density at radius 1 is 1.16 bits per heavy atom. The number of nitrogen functional groups attached to an aromatic ring is 1. The number of ketones is 2. The Balaban J connectivity index is 1.35. The van der Waals surface area contributed by atoms with Crippen LogP contribution in [-0.2, 0) is 17.6 Å². The van der Waals surface area contributed by atoms with E-state index in [1.54, 1.807) is 18.2 Å². The molecule has 260 valence electrons. The van der Waals surface area contributed by atoms with E-state index in [-0.39, 0.29) is 64.1 Å². The number of aryl methyl sites for hydroxylation is 2. The van der Waals surface area contributed by atoms with Crippen LogP contribution in [0.4, 0.5) is 5.82 Å². The van der Waals surface area contributed by atoms with Crippen LogP contribution in [-0.4, -0.2) is 99.0 Å². The van der Waals surface area contributed by atoms with Crippen LogP contribution < -0.4 is 26.3 Å².